The van der Waals surface area contributed by atoms with Crippen molar-refractivity contribution in [3.8, 4) is 5.75 Å². The lowest BCUT2D eigenvalue weighted by Gasteiger charge is -2.42. The van der Waals surface area contributed by atoms with Crippen molar-refractivity contribution in [3.63, 3.8) is 0 Å². The zero-order valence-corrected chi connectivity index (χ0v) is 21.3. The van der Waals surface area contributed by atoms with Crippen molar-refractivity contribution in [2.24, 2.45) is 11.3 Å². The molecule has 9 nitrogen and oxygen atoms in total. The molecule has 1 aliphatic carbocycles. The van der Waals surface area contributed by atoms with Gasteiger partial charge < -0.3 is 25.4 Å². The minimum atomic E-state index is -0.517. The van der Waals surface area contributed by atoms with E-state index in [1.807, 2.05) is 0 Å². The van der Waals surface area contributed by atoms with Gasteiger partial charge in [0, 0.05) is 37.2 Å². The normalized spacial score (nSPS) is 14.6. The van der Waals surface area contributed by atoms with Crippen LogP contribution in [-0.4, -0.2) is 48.7 Å². The van der Waals surface area contributed by atoms with E-state index >= 15 is 0 Å². The van der Waals surface area contributed by atoms with Gasteiger partial charge in [-0.1, -0.05) is 13.8 Å². The SMILES string of the molecule is COCCOc1cc(F)c2c(Nc3ccc(NC(=O)CC(=O)NCC4CC(C)(C)C4)cc3)ncnc2c1. The van der Waals surface area contributed by atoms with E-state index in [2.05, 4.69) is 39.8 Å². The van der Waals surface area contributed by atoms with E-state index < -0.39 is 5.82 Å². The van der Waals surface area contributed by atoms with E-state index in [0.717, 1.165) is 12.8 Å². The van der Waals surface area contributed by atoms with Crippen LogP contribution >= 0.6 is 0 Å². The number of benzene rings is 2. The maximum Gasteiger partial charge on any atom is 0.233 e. The molecule has 2 amide bonds. The van der Waals surface area contributed by atoms with Crippen LogP contribution in [0.25, 0.3) is 10.9 Å². The molecule has 4 rings (SSSR count). The van der Waals surface area contributed by atoms with Crippen molar-refractivity contribution in [3.05, 3.63) is 48.5 Å². The first kappa shape index (κ1) is 26.3. The number of methoxy groups -OCH3 is 1. The summed E-state index contributed by atoms with van der Waals surface area (Å²) < 4.78 is 25.3. The molecule has 3 aromatic rings. The number of aromatic nitrogens is 2. The van der Waals surface area contributed by atoms with Gasteiger partial charge in [0.2, 0.25) is 11.8 Å². The Morgan fingerprint density at radius 3 is 2.49 bits per heavy atom. The van der Waals surface area contributed by atoms with E-state index in [1.165, 1.54) is 12.4 Å². The summed E-state index contributed by atoms with van der Waals surface area (Å²) >= 11 is 0. The second kappa shape index (κ2) is 11.5. The standard InChI is InChI=1S/C27H32FN5O4/c1-27(2)13-17(14-27)15-29-23(34)12-24(35)32-18-4-6-19(7-5-18)33-26-25-21(28)10-20(37-9-8-36-3)11-22(25)30-16-31-26/h4-7,10-11,16-17H,8-9,12-15H2,1-3H3,(H,29,34)(H,32,35)(H,30,31,33). The third-order valence-corrected chi connectivity index (χ3v) is 6.24. The van der Waals surface area contributed by atoms with Crippen LogP contribution in [0.4, 0.5) is 21.6 Å². The van der Waals surface area contributed by atoms with E-state index in [-0.39, 0.29) is 23.6 Å². The van der Waals surface area contributed by atoms with Crippen LogP contribution in [0.1, 0.15) is 33.1 Å². The molecule has 0 radical (unpaired) electrons. The summed E-state index contributed by atoms with van der Waals surface area (Å²) in [4.78, 5) is 32.7. The van der Waals surface area contributed by atoms with Crippen molar-refractivity contribution in [2.45, 2.75) is 33.1 Å². The summed E-state index contributed by atoms with van der Waals surface area (Å²) in [5.74, 6) is -0.0540. The molecule has 1 aromatic heterocycles. The first-order valence-corrected chi connectivity index (χ1v) is 12.2. The molecule has 2 aromatic carbocycles. The van der Waals surface area contributed by atoms with Crippen LogP contribution in [0.3, 0.4) is 0 Å². The number of anilines is 3. The van der Waals surface area contributed by atoms with Crippen LogP contribution in [0.5, 0.6) is 5.75 Å². The predicted molar refractivity (Wildman–Crippen MR) is 139 cm³/mol. The van der Waals surface area contributed by atoms with E-state index in [1.54, 1.807) is 37.4 Å². The summed E-state index contributed by atoms with van der Waals surface area (Å²) in [6.45, 7) is 5.72. The zero-order chi connectivity index (χ0) is 26.4. The van der Waals surface area contributed by atoms with Crippen LogP contribution in [0.2, 0.25) is 0 Å². The third kappa shape index (κ3) is 7.13. The zero-order valence-electron chi connectivity index (χ0n) is 21.3. The topological polar surface area (TPSA) is 114 Å². The van der Waals surface area contributed by atoms with Crippen molar-refractivity contribution >= 4 is 39.9 Å². The fraction of sp³-hybridized carbons (Fsp3) is 0.407. The van der Waals surface area contributed by atoms with E-state index in [0.29, 0.717) is 59.6 Å². The summed E-state index contributed by atoms with van der Waals surface area (Å²) in [5.41, 5.74) is 1.93. The molecule has 0 aliphatic heterocycles. The highest BCUT2D eigenvalue weighted by atomic mass is 19.1. The molecule has 0 atom stereocenters. The molecule has 0 saturated heterocycles. The Balaban J connectivity index is 1.32. The first-order valence-electron chi connectivity index (χ1n) is 12.2. The Bertz CT molecular complexity index is 1260. The summed E-state index contributed by atoms with van der Waals surface area (Å²) in [7, 11) is 1.56. The molecule has 10 heteroatoms. The maximum atomic E-state index is 14.9. The Morgan fingerprint density at radius 2 is 1.78 bits per heavy atom. The minimum Gasteiger partial charge on any atom is -0.491 e. The first-order chi connectivity index (χ1) is 17.7. The van der Waals surface area contributed by atoms with Gasteiger partial charge in [-0.15, -0.1) is 0 Å². The quantitative estimate of drug-likeness (QED) is 0.259. The van der Waals surface area contributed by atoms with Gasteiger partial charge in [-0.3, -0.25) is 9.59 Å². The number of nitrogens with zero attached hydrogens (tertiary/aromatic N) is 2. The number of carbonyl (C=O) groups excluding carboxylic acids is 2. The van der Waals surface area contributed by atoms with Gasteiger partial charge in [0.05, 0.1) is 17.5 Å². The average molecular weight is 510 g/mol. The molecule has 1 saturated carbocycles. The number of nitrogens with one attached hydrogen (secondary N) is 3. The highest BCUT2D eigenvalue weighted by Crippen LogP contribution is 2.44. The summed E-state index contributed by atoms with van der Waals surface area (Å²) in [5, 5.41) is 8.89. The maximum absolute atomic E-state index is 14.9. The summed E-state index contributed by atoms with van der Waals surface area (Å²) in [6, 6.07) is 9.76. The summed E-state index contributed by atoms with van der Waals surface area (Å²) in [6.07, 6.45) is 3.28. The van der Waals surface area contributed by atoms with Gasteiger partial charge in [-0.2, -0.15) is 0 Å². The highest BCUT2D eigenvalue weighted by molar-refractivity contribution is 6.03. The largest absolute Gasteiger partial charge is 0.491 e. The molecule has 1 fully saturated rings. The molecule has 0 unspecified atom stereocenters. The molecule has 0 spiro atoms. The lowest BCUT2D eigenvalue weighted by atomic mass is 9.64. The number of amides is 2. The monoisotopic (exact) mass is 509 g/mol. The van der Waals surface area contributed by atoms with Crippen LogP contribution in [-0.2, 0) is 14.3 Å². The van der Waals surface area contributed by atoms with Gasteiger partial charge in [-0.25, -0.2) is 14.4 Å². The molecule has 0 bridgehead atoms. The molecule has 196 valence electrons. The van der Waals surface area contributed by atoms with Crippen molar-refractivity contribution in [1.29, 1.82) is 0 Å². The predicted octanol–water partition coefficient (Wildman–Crippen LogP) is 4.42. The number of ether oxygens (including phenoxy) is 2. The average Bonchev–Trinajstić information content (AvgIpc) is 2.82. The van der Waals surface area contributed by atoms with Crippen LogP contribution in [0.15, 0.2) is 42.7 Å². The van der Waals surface area contributed by atoms with Gasteiger partial charge in [-0.05, 0) is 48.4 Å². The fourth-order valence-electron chi connectivity index (χ4n) is 4.63. The Morgan fingerprint density at radius 1 is 1.05 bits per heavy atom. The van der Waals surface area contributed by atoms with Crippen molar-refractivity contribution in [1.82, 2.24) is 15.3 Å². The lowest BCUT2D eigenvalue weighted by Crippen LogP contribution is -2.40. The highest BCUT2D eigenvalue weighted by Gasteiger charge is 2.35. The van der Waals surface area contributed by atoms with Crippen molar-refractivity contribution in [2.75, 3.05) is 37.5 Å². The number of hydrogen-bond acceptors (Lipinski definition) is 7. The molecule has 3 N–H and O–H groups in total. The van der Waals surface area contributed by atoms with Gasteiger partial charge in [0.15, 0.2) is 0 Å². The smallest absolute Gasteiger partial charge is 0.233 e. The minimum absolute atomic E-state index is 0.232. The lowest BCUT2D eigenvalue weighted by molar-refractivity contribution is -0.127. The van der Waals surface area contributed by atoms with E-state index in [4.69, 9.17) is 9.47 Å². The van der Waals surface area contributed by atoms with Gasteiger partial charge >= 0.3 is 0 Å². The number of rotatable bonds is 11. The second-order valence-electron chi connectivity index (χ2n) is 10.0. The molecule has 37 heavy (non-hydrogen) atoms. The second-order valence-corrected chi connectivity index (χ2v) is 10.0. The molecule has 1 aliphatic rings. The molecular weight excluding hydrogens is 477 g/mol. The van der Waals surface area contributed by atoms with Gasteiger partial charge in [0.25, 0.3) is 0 Å². The third-order valence-electron chi connectivity index (χ3n) is 6.24. The van der Waals surface area contributed by atoms with Crippen LogP contribution < -0.4 is 20.7 Å². The number of fused-ring (bicyclic) bond motifs is 1. The van der Waals surface area contributed by atoms with Crippen molar-refractivity contribution < 1.29 is 23.5 Å². The van der Waals surface area contributed by atoms with Gasteiger partial charge in [0.1, 0.15) is 36.7 Å². The van der Waals surface area contributed by atoms with E-state index in [9.17, 15) is 14.0 Å². The Labute approximate surface area is 215 Å². The Kier molecular flexibility index (Phi) is 8.17. The number of hydrogen-bond donors (Lipinski definition) is 3. The molecule has 1 heterocycles. The van der Waals surface area contributed by atoms with Crippen LogP contribution in [0, 0.1) is 17.2 Å². The number of halogens is 1. The fourth-order valence-corrected chi connectivity index (χ4v) is 4.63. The molecular formula is C27H32FN5O4. The number of carbonyl (C=O) groups is 2. The Hall–Kier alpha value is -3.79.